The fourth-order valence-corrected chi connectivity index (χ4v) is 0. The second-order valence-electron chi connectivity index (χ2n) is 1.31. The summed E-state index contributed by atoms with van der Waals surface area (Å²) in [7, 11) is 0. The molecule has 1 unspecified atom stereocenters. The van der Waals surface area contributed by atoms with E-state index < -0.39 is 0 Å². The molecule has 0 aliphatic rings. The van der Waals surface area contributed by atoms with Crippen LogP contribution in [0.3, 0.4) is 0 Å². The molecular weight excluding hydrogens is 468 g/mol. The summed E-state index contributed by atoms with van der Waals surface area (Å²) in [4.78, 5) is 18.2. The predicted octanol–water partition coefficient (Wildman–Crippen LogP) is -8.12. The molecule has 150 valence electrons. The molecule has 0 amide bonds. The third-order valence-corrected chi connectivity index (χ3v) is 0.575. The zero-order valence-corrected chi connectivity index (χ0v) is 38.2. The minimum absolute atomic E-state index is 0. The molecule has 0 saturated carbocycles. The van der Waals surface area contributed by atoms with Gasteiger partial charge in [0.1, 0.15) is 12.6 Å². The van der Waals surface area contributed by atoms with Crippen LogP contribution in [0.1, 0.15) is 49.8 Å². The molecule has 0 aromatic rings. The average molecular weight is 518 g/mol. The maximum atomic E-state index is 10.2. The standard InChI is InChI=1S/C5H9O.5C2H5.CH2O.4CH3.5K/c1-4(2)5(3)6;6*1-2;;;;;;;;;/h4H,1H2,2-3H3;5*1H2,2H3;1H2;4*1H3;;;;;/q6*-1;;4*-1;5*+1/i2T;;;;;;;;;;;;;;;. The van der Waals surface area contributed by atoms with Crippen molar-refractivity contribution in [2.45, 2.75) is 48.4 Å². The Balaban J connectivity index is -0.00000000443. The van der Waals surface area contributed by atoms with Crippen molar-refractivity contribution in [3.63, 3.8) is 0 Å². The van der Waals surface area contributed by atoms with Crippen LogP contribution in [0.5, 0.6) is 0 Å². The third-order valence-electron chi connectivity index (χ3n) is 0.575. The fraction of sp³-hybridized carbons (Fsp3) is 0.400. The van der Waals surface area contributed by atoms with E-state index in [2.05, 4.69) is 41.5 Å². The molecule has 0 aliphatic carbocycles. The molecule has 0 aliphatic heterocycles. The Morgan fingerprint density at radius 2 is 0.778 bits per heavy atom. The second kappa shape index (κ2) is 194. The SMILES string of the molecule is C=O.[3H]CC([CH2-])C(C)=O.[CH2-]C.[CH2-]C.[CH2-]C.[CH2-]C.[CH2-]C.[CH3-].[CH3-].[CH3-].[CH3-].[K+].[K+].[K+].[K+].[K+]. The summed E-state index contributed by atoms with van der Waals surface area (Å²) in [5, 5.41) is 0. The molecule has 0 spiro atoms. The molecule has 1 atom stereocenters. The average Bonchev–Trinajstić information content (AvgIpc) is 2.57. The maximum Gasteiger partial charge on any atom is 1.00 e. The largest absolute Gasteiger partial charge is 1.00 e. The summed E-state index contributed by atoms with van der Waals surface area (Å²) >= 11 is 0. The Labute approximate surface area is 394 Å². The number of hydrogen-bond donors (Lipinski definition) is 0. The maximum absolute atomic E-state index is 10.2. The van der Waals surface area contributed by atoms with Crippen LogP contribution in [0.15, 0.2) is 0 Å². The smallest absolute Gasteiger partial charge is 0.358 e. The molecule has 27 heavy (non-hydrogen) atoms. The van der Waals surface area contributed by atoms with Gasteiger partial charge in [-0.05, 0) is 6.92 Å². The van der Waals surface area contributed by atoms with Gasteiger partial charge >= 0.3 is 257 Å². The van der Waals surface area contributed by atoms with Crippen LogP contribution in [0, 0.1) is 77.2 Å². The Morgan fingerprint density at radius 1 is 0.667 bits per heavy atom. The van der Waals surface area contributed by atoms with Gasteiger partial charge in [0.2, 0.25) is 0 Å². The molecule has 0 fully saturated rings. The molecule has 0 aromatic heterocycles. The summed E-state index contributed by atoms with van der Waals surface area (Å²) in [5.41, 5.74) is 0. The van der Waals surface area contributed by atoms with Gasteiger partial charge in [-0.1, -0.05) is 6.90 Å². The molecule has 0 rings (SSSR count). The van der Waals surface area contributed by atoms with E-state index in [9.17, 15) is 4.79 Å². The van der Waals surface area contributed by atoms with E-state index in [1.165, 1.54) is 6.92 Å². The van der Waals surface area contributed by atoms with Crippen molar-refractivity contribution in [2.75, 3.05) is 0 Å². The quantitative estimate of drug-likeness (QED) is 0.256. The molecule has 0 radical (unpaired) electrons. The van der Waals surface area contributed by atoms with Crippen LogP contribution in [0.2, 0.25) is 0 Å². The van der Waals surface area contributed by atoms with Crippen molar-refractivity contribution in [3.05, 3.63) is 71.2 Å². The van der Waals surface area contributed by atoms with Gasteiger partial charge in [0.05, 0.1) is 0 Å². The summed E-state index contributed by atoms with van der Waals surface area (Å²) in [6.07, 6.45) is 0. The molecule has 0 aromatic carbocycles. The number of ketones is 1. The van der Waals surface area contributed by atoms with Crippen LogP contribution in [-0.2, 0) is 9.59 Å². The molecular formula is C20H48K5O2-5. The summed E-state index contributed by atoms with van der Waals surface area (Å²) in [6.45, 7) is 32.0. The van der Waals surface area contributed by atoms with Gasteiger partial charge in [0.15, 0.2) is 0 Å². The van der Waals surface area contributed by atoms with E-state index in [1.807, 2.05) is 6.79 Å². The van der Waals surface area contributed by atoms with Gasteiger partial charge < -0.3 is 80.8 Å². The Hall–Kier alpha value is 7.52. The van der Waals surface area contributed by atoms with Crippen LogP contribution < -0.4 is 257 Å². The summed E-state index contributed by atoms with van der Waals surface area (Å²) in [5.74, 6) is -0.324. The topological polar surface area (TPSA) is 34.1 Å². The van der Waals surface area contributed by atoms with Crippen molar-refractivity contribution >= 4 is 12.6 Å². The van der Waals surface area contributed by atoms with E-state index in [-0.39, 0.29) is 305 Å². The van der Waals surface area contributed by atoms with Crippen molar-refractivity contribution in [2.24, 2.45) is 5.92 Å². The van der Waals surface area contributed by atoms with E-state index in [0.29, 0.717) is 0 Å². The van der Waals surface area contributed by atoms with Gasteiger partial charge in [-0.2, -0.15) is 34.6 Å². The van der Waals surface area contributed by atoms with E-state index in [1.54, 1.807) is 34.6 Å². The Morgan fingerprint density at radius 3 is 0.778 bits per heavy atom. The molecule has 0 bridgehead atoms. The molecule has 7 heteroatoms. The third kappa shape index (κ3) is 251. The molecule has 0 saturated heterocycles. The van der Waals surface area contributed by atoms with Crippen LogP contribution in [0.25, 0.3) is 0 Å². The second-order valence-corrected chi connectivity index (χ2v) is 1.31. The Kier molecular flexibility index (Phi) is 731. The first-order valence-corrected chi connectivity index (χ1v) is 5.63. The zero-order chi connectivity index (χ0) is 17.9. The minimum atomic E-state index is -0.319. The normalized spacial score (nSPS) is 4.81. The molecule has 0 N–H and O–H groups in total. The van der Waals surface area contributed by atoms with Crippen LogP contribution in [-0.4, -0.2) is 12.6 Å². The number of hydrogen-bond acceptors (Lipinski definition) is 2. The van der Waals surface area contributed by atoms with E-state index >= 15 is 0 Å². The van der Waals surface area contributed by atoms with Crippen molar-refractivity contribution in [1.82, 2.24) is 0 Å². The van der Waals surface area contributed by atoms with Crippen molar-refractivity contribution < 1.29 is 268 Å². The van der Waals surface area contributed by atoms with Gasteiger partial charge in [-0.3, -0.25) is 0 Å². The summed E-state index contributed by atoms with van der Waals surface area (Å²) in [6, 6.07) is 0. The first-order valence-electron chi connectivity index (χ1n) is 6.34. The van der Waals surface area contributed by atoms with Gasteiger partial charge in [0.25, 0.3) is 0 Å². The number of carbonyl (C=O) groups is 2. The zero-order valence-electron chi connectivity index (χ0n) is 23.6. The minimum Gasteiger partial charge on any atom is -0.358 e. The van der Waals surface area contributed by atoms with Crippen LogP contribution >= 0.6 is 0 Å². The van der Waals surface area contributed by atoms with Gasteiger partial charge in [0, 0.05) is 1.37 Å². The van der Waals surface area contributed by atoms with Gasteiger partial charge in [-0.15, -0.1) is 5.92 Å². The number of carbonyl (C=O) groups excluding carboxylic acids is 2. The van der Waals surface area contributed by atoms with Crippen molar-refractivity contribution in [3.8, 4) is 0 Å². The first kappa shape index (κ1) is 102. The fourth-order valence-electron chi connectivity index (χ4n) is 0. The molecule has 0 heterocycles. The summed E-state index contributed by atoms with van der Waals surface area (Å²) < 4.78 is 6.66. The first-order chi connectivity index (χ1) is 9.18. The van der Waals surface area contributed by atoms with Crippen LogP contribution in [0.4, 0.5) is 0 Å². The molecule has 2 nitrogen and oxygen atoms in total. The number of Topliss-reactive ketones (excluding diaryl/α,β-unsaturated/α-hetero) is 1. The van der Waals surface area contributed by atoms with E-state index in [4.69, 9.17) is 6.17 Å². The Bertz CT molecular complexity index is 107. The van der Waals surface area contributed by atoms with E-state index in [0.717, 1.165) is 0 Å². The monoisotopic (exact) mass is 517 g/mol. The number of rotatable bonds is 1. The van der Waals surface area contributed by atoms with Crippen molar-refractivity contribution in [1.29, 1.82) is 0 Å². The van der Waals surface area contributed by atoms with Gasteiger partial charge in [-0.25, -0.2) is 0 Å². The predicted molar refractivity (Wildman–Crippen MR) is 113 cm³/mol.